The highest BCUT2D eigenvalue weighted by Gasteiger charge is 2.27. The fraction of sp³-hybridized carbons (Fsp3) is 0.278. The first-order chi connectivity index (χ1) is 9.97. The van der Waals surface area contributed by atoms with Crippen molar-refractivity contribution in [2.75, 3.05) is 17.2 Å². The van der Waals surface area contributed by atoms with Gasteiger partial charge in [-0.3, -0.25) is 4.79 Å². The number of hydrogen-bond acceptors (Lipinski definition) is 2. The molecule has 3 nitrogen and oxygen atoms in total. The van der Waals surface area contributed by atoms with Crippen LogP contribution in [0.15, 0.2) is 30.3 Å². The smallest absolute Gasteiger partial charge is 0.258 e. The van der Waals surface area contributed by atoms with Crippen LogP contribution in [0.5, 0.6) is 0 Å². The first-order valence-corrected chi connectivity index (χ1v) is 7.25. The van der Waals surface area contributed by atoms with Gasteiger partial charge in [-0.05, 0) is 56.0 Å². The van der Waals surface area contributed by atoms with Crippen LogP contribution < -0.4 is 10.6 Å². The number of nitrogens with two attached hydrogens (primary N) is 1. The molecule has 0 unspecified atom stereocenters. The topological polar surface area (TPSA) is 46.3 Å². The molecule has 0 saturated carbocycles. The summed E-state index contributed by atoms with van der Waals surface area (Å²) in [5.74, 6) is 0.0781. The van der Waals surface area contributed by atoms with E-state index in [1.807, 2.05) is 36.9 Å². The number of hydrogen-bond donors (Lipinski definition) is 1. The molecule has 21 heavy (non-hydrogen) atoms. The predicted octanol–water partition coefficient (Wildman–Crippen LogP) is 3.40. The number of fused-ring (bicyclic) bond motifs is 1. The van der Waals surface area contributed by atoms with E-state index in [4.69, 9.17) is 5.73 Å². The standard InChI is InChI=1S/C18H20N2O/c1-11-8-12(2)17(13(3)9-11)18(21)20-7-6-14-4-5-15(19)10-16(14)20/h4-5,8-10H,6-7,19H2,1-3H3. The van der Waals surface area contributed by atoms with Crippen LogP contribution in [0.2, 0.25) is 0 Å². The predicted molar refractivity (Wildman–Crippen MR) is 86.9 cm³/mol. The molecular weight excluding hydrogens is 260 g/mol. The number of nitrogen functional groups attached to an aromatic ring is 1. The lowest BCUT2D eigenvalue weighted by atomic mass is 9.98. The number of aryl methyl sites for hydroxylation is 3. The maximum Gasteiger partial charge on any atom is 0.258 e. The minimum atomic E-state index is 0.0781. The summed E-state index contributed by atoms with van der Waals surface area (Å²) >= 11 is 0. The Morgan fingerprint density at radius 3 is 2.43 bits per heavy atom. The zero-order valence-corrected chi connectivity index (χ0v) is 12.7. The molecule has 1 heterocycles. The minimum Gasteiger partial charge on any atom is -0.399 e. The lowest BCUT2D eigenvalue weighted by Crippen LogP contribution is -2.30. The van der Waals surface area contributed by atoms with Crippen molar-refractivity contribution in [2.45, 2.75) is 27.2 Å². The Balaban J connectivity index is 2.04. The van der Waals surface area contributed by atoms with Crippen molar-refractivity contribution < 1.29 is 4.79 Å². The average Bonchev–Trinajstić information content (AvgIpc) is 2.80. The van der Waals surface area contributed by atoms with Gasteiger partial charge in [0.05, 0.1) is 0 Å². The molecule has 3 rings (SSSR count). The van der Waals surface area contributed by atoms with Crippen molar-refractivity contribution in [2.24, 2.45) is 0 Å². The second-order valence-corrected chi connectivity index (χ2v) is 5.87. The third kappa shape index (κ3) is 2.29. The van der Waals surface area contributed by atoms with Crippen molar-refractivity contribution in [1.29, 1.82) is 0 Å². The first-order valence-electron chi connectivity index (χ1n) is 7.25. The zero-order chi connectivity index (χ0) is 15.1. The van der Waals surface area contributed by atoms with Gasteiger partial charge < -0.3 is 10.6 Å². The molecule has 0 spiro atoms. The summed E-state index contributed by atoms with van der Waals surface area (Å²) in [5, 5.41) is 0. The van der Waals surface area contributed by atoms with E-state index in [1.165, 1.54) is 11.1 Å². The highest BCUT2D eigenvalue weighted by molar-refractivity contribution is 6.09. The monoisotopic (exact) mass is 280 g/mol. The molecule has 2 aromatic carbocycles. The van der Waals surface area contributed by atoms with Gasteiger partial charge in [0.2, 0.25) is 0 Å². The summed E-state index contributed by atoms with van der Waals surface area (Å²) in [6.45, 7) is 6.79. The molecule has 0 bridgehead atoms. The van der Waals surface area contributed by atoms with E-state index in [9.17, 15) is 4.79 Å². The van der Waals surface area contributed by atoms with Crippen LogP contribution in [0.1, 0.15) is 32.6 Å². The third-order valence-corrected chi connectivity index (χ3v) is 4.14. The summed E-state index contributed by atoms with van der Waals surface area (Å²) in [5.41, 5.74) is 12.8. The molecule has 3 heteroatoms. The van der Waals surface area contributed by atoms with Gasteiger partial charge in [0.15, 0.2) is 0 Å². The molecule has 1 aliphatic rings. The Hall–Kier alpha value is -2.29. The zero-order valence-electron chi connectivity index (χ0n) is 12.7. The van der Waals surface area contributed by atoms with Crippen LogP contribution in [0, 0.1) is 20.8 Å². The van der Waals surface area contributed by atoms with Crippen molar-refractivity contribution in [3.8, 4) is 0 Å². The molecule has 2 N–H and O–H groups in total. The molecule has 0 aliphatic carbocycles. The van der Waals surface area contributed by atoms with Gasteiger partial charge in [0, 0.05) is 23.5 Å². The Kier molecular flexibility index (Phi) is 3.20. The van der Waals surface area contributed by atoms with Gasteiger partial charge in [-0.15, -0.1) is 0 Å². The molecule has 1 amide bonds. The molecule has 0 fully saturated rings. The van der Waals surface area contributed by atoms with E-state index in [1.54, 1.807) is 0 Å². The van der Waals surface area contributed by atoms with Crippen LogP contribution >= 0.6 is 0 Å². The van der Waals surface area contributed by atoms with E-state index in [2.05, 4.69) is 19.1 Å². The van der Waals surface area contributed by atoms with Gasteiger partial charge in [0.25, 0.3) is 5.91 Å². The lowest BCUT2D eigenvalue weighted by Gasteiger charge is -2.20. The quantitative estimate of drug-likeness (QED) is 0.814. The third-order valence-electron chi connectivity index (χ3n) is 4.14. The molecule has 0 radical (unpaired) electrons. The molecular formula is C18H20N2O. The molecule has 0 saturated heterocycles. The normalized spacial score (nSPS) is 13.4. The fourth-order valence-electron chi connectivity index (χ4n) is 3.26. The van der Waals surface area contributed by atoms with E-state index in [0.717, 1.165) is 35.3 Å². The SMILES string of the molecule is Cc1cc(C)c(C(=O)N2CCc3ccc(N)cc32)c(C)c1. The highest BCUT2D eigenvalue weighted by atomic mass is 16.2. The lowest BCUT2D eigenvalue weighted by molar-refractivity contribution is 0.0988. The summed E-state index contributed by atoms with van der Waals surface area (Å²) in [6, 6.07) is 9.95. The van der Waals surface area contributed by atoms with Gasteiger partial charge >= 0.3 is 0 Å². The van der Waals surface area contributed by atoms with Crippen molar-refractivity contribution >= 4 is 17.3 Å². The number of rotatable bonds is 1. The van der Waals surface area contributed by atoms with Crippen molar-refractivity contribution in [3.63, 3.8) is 0 Å². The Morgan fingerprint density at radius 2 is 1.76 bits per heavy atom. The van der Waals surface area contributed by atoms with Gasteiger partial charge in [-0.25, -0.2) is 0 Å². The minimum absolute atomic E-state index is 0.0781. The van der Waals surface area contributed by atoms with E-state index in [0.29, 0.717) is 5.69 Å². The average molecular weight is 280 g/mol. The summed E-state index contributed by atoms with van der Waals surface area (Å²) in [7, 11) is 0. The van der Waals surface area contributed by atoms with Crippen molar-refractivity contribution in [3.05, 3.63) is 58.1 Å². The molecule has 0 atom stereocenters. The Bertz CT molecular complexity index is 711. The van der Waals surface area contributed by atoms with Gasteiger partial charge in [-0.1, -0.05) is 23.8 Å². The first kappa shape index (κ1) is 13.7. The molecule has 1 aliphatic heterocycles. The maximum atomic E-state index is 13.0. The Labute approximate surface area is 125 Å². The largest absolute Gasteiger partial charge is 0.399 e. The van der Waals surface area contributed by atoms with Crippen LogP contribution in [0.3, 0.4) is 0 Å². The number of anilines is 2. The number of amides is 1. The number of carbonyl (C=O) groups is 1. The van der Waals surface area contributed by atoms with Crippen LogP contribution in [0.4, 0.5) is 11.4 Å². The summed E-state index contributed by atoms with van der Waals surface area (Å²) < 4.78 is 0. The van der Waals surface area contributed by atoms with Gasteiger partial charge in [0.1, 0.15) is 0 Å². The van der Waals surface area contributed by atoms with E-state index < -0.39 is 0 Å². The second kappa shape index (κ2) is 4.92. The van der Waals surface area contributed by atoms with E-state index >= 15 is 0 Å². The van der Waals surface area contributed by atoms with E-state index in [-0.39, 0.29) is 5.91 Å². The Morgan fingerprint density at radius 1 is 1.10 bits per heavy atom. The number of nitrogens with zero attached hydrogens (tertiary/aromatic N) is 1. The highest BCUT2D eigenvalue weighted by Crippen LogP contribution is 2.32. The maximum absolute atomic E-state index is 13.0. The summed E-state index contributed by atoms with van der Waals surface area (Å²) in [6.07, 6.45) is 0.894. The molecule has 2 aromatic rings. The fourth-order valence-corrected chi connectivity index (χ4v) is 3.26. The molecule has 0 aromatic heterocycles. The number of carbonyl (C=O) groups excluding carboxylic acids is 1. The second-order valence-electron chi connectivity index (χ2n) is 5.87. The van der Waals surface area contributed by atoms with Gasteiger partial charge in [-0.2, -0.15) is 0 Å². The summed E-state index contributed by atoms with van der Waals surface area (Å²) in [4.78, 5) is 14.8. The van der Waals surface area contributed by atoms with Crippen LogP contribution in [0.25, 0.3) is 0 Å². The van der Waals surface area contributed by atoms with Crippen LogP contribution in [-0.4, -0.2) is 12.5 Å². The van der Waals surface area contributed by atoms with Crippen LogP contribution in [-0.2, 0) is 6.42 Å². The number of benzene rings is 2. The van der Waals surface area contributed by atoms with Crippen molar-refractivity contribution in [1.82, 2.24) is 0 Å². The molecule has 108 valence electrons.